The average molecular weight is 284 g/mol. The summed E-state index contributed by atoms with van der Waals surface area (Å²) in [6.07, 6.45) is 2.85. The van der Waals surface area contributed by atoms with E-state index in [-0.39, 0.29) is 12.1 Å². The standard InChI is InChI=1S/C15H22F2N2O/c1-20-10-9-19-8-3-2-7-13(18)15(19)11-5-4-6-12(16)14(11)17/h4-6,13,15H,2-3,7-10,18H2,1H3. The number of nitrogens with two attached hydrogens (primary N) is 1. The van der Waals surface area contributed by atoms with E-state index < -0.39 is 11.6 Å². The fourth-order valence-corrected chi connectivity index (χ4v) is 2.90. The van der Waals surface area contributed by atoms with Crippen molar-refractivity contribution in [2.45, 2.75) is 31.3 Å². The van der Waals surface area contributed by atoms with Crippen LogP contribution in [0.2, 0.25) is 0 Å². The highest BCUT2D eigenvalue weighted by Crippen LogP contribution is 2.31. The van der Waals surface area contributed by atoms with Crippen molar-refractivity contribution in [1.82, 2.24) is 4.90 Å². The van der Waals surface area contributed by atoms with Crippen molar-refractivity contribution in [1.29, 1.82) is 0 Å². The van der Waals surface area contributed by atoms with Crippen LogP contribution < -0.4 is 5.73 Å². The first kappa shape index (κ1) is 15.4. The molecule has 1 aromatic carbocycles. The molecule has 20 heavy (non-hydrogen) atoms. The molecule has 0 radical (unpaired) electrons. The number of likely N-dealkylation sites (tertiary alicyclic amines) is 1. The molecule has 0 amide bonds. The van der Waals surface area contributed by atoms with Crippen LogP contribution >= 0.6 is 0 Å². The maximum absolute atomic E-state index is 14.1. The van der Waals surface area contributed by atoms with Gasteiger partial charge >= 0.3 is 0 Å². The molecule has 2 rings (SSSR count). The summed E-state index contributed by atoms with van der Waals surface area (Å²) in [6, 6.07) is 3.84. The Bertz CT molecular complexity index is 442. The zero-order chi connectivity index (χ0) is 14.5. The quantitative estimate of drug-likeness (QED) is 0.923. The second-order valence-corrected chi connectivity index (χ2v) is 5.28. The number of ether oxygens (including phenoxy) is 1. The van der Waals surface area contributed by atoms with Crippen LogP contribution in [0.5, 0.6) is 0 Å². The molecule has 1 aliphatic heterocycles. The lowest BCUT2D eigenvalue weighted by molar-refractivity contribution is 0.113. The molecule has 1 aromatic rings. The Morgan fingerprint density at radius 1 is 1.35 bits per heavy atom. The first-order valence-electron chi connectivity index (χ1n) is 7.07. The number of halogens is 2. The Morgan fingerprint density at radius 2 is 2.15 bits per heavy atom. The molecule has 0 spiro atoms. The van der Waals surface area contributed by atoms with E-state index in [9.17, 15) is 8.78 Å². The van der Waals surface area contributed by atoms with Crippen LogP contribution in [0.25, 0.3) is 0 Å². The molecule has 5 heteroatoms. The topological polar surface area (TPSA) is 38.5 Å². The summed E-state index contributed by atoms with van der Waals surface area (Å²) in [5, 5.41) is 0. The molecule has 1 aliphatic rings. The zero-order valence-electron chi connectivity index (χ0n) is 11.8. The van der Waals surface area contributed by atoms with E-state index in [1.165, 1.54) is 0 Å². The third-order valence-corrected chi connectivity index (χ3v) is 3.91. The fraction of sp³-hybridized carbons (Fsp3) is 0.600. The monoisotopic (exact) mass is 284 g/mol. The summed E-state index contributed by atoms with van der Waals surface area (Å²) in [5.74, 6) is -1.59. The van der Waals surface area contributed by atoms with Gasteiger partial charge in [-0.15, -0.1) is 0 Å². The Labute approximate surface area is 118 Å². The van der Waals surface area contributed by atoms with Crippen molar-refractivity contribution < 1.29 is 13.5 Å². The van der Waals surface area contributed by atoms with Crippen LogP contribution in [0.4, 0.5) is 8.78 Å². The van der Waals surface area contributed by atoms with Crippen LogP contribution in [0, 0.1) is 11.6 Å². The van der Waals surface area contributed by atoms with E-state index in [1.54, 1.807) is 19.2 Å². The van der Waals surface area contributed by atoms with Crippen molar-refractivity contribution in [3.63, 3.8) is 0 Å². The molecule has 3 nitrogen and oxygen atoms in total. The van der Waals surface area contributed by atoms with Crippen molar-refractivity contribution in [3.8, 4) is 0 Å². The second-order valence-electron chi connectivity index (χ2n) is 5.28. The summed E-state index contributed by atoms with van der Waals surface area (Å²) in [7, 11) is 1.63. The van der Waals surface area contributed by atoms with Gasteiger partial charge in [0.15, 0.2) is 11.6 Å². The normalized spacial score (nSPS) is 24.6. The van der Waals surface area contributed by atoms with Crippen LogP contribution in [-0.2, 0) is 4.74 Å². The first-order valence-corrected chi connectivity index (χ1v) is 7.07. The summed E-state index contributed by atoms with van der Waals surface area (Å²) < 4.78 is 32.7. The van der Waals surface area contributed by atoms with E-state index in [4.69, 9.17) is 10.5 Å². The third kappa shape index (κ3) is 3.34. The number of hydrogen-bond donors (Lipinski definition) is 1. The van der Waals surface area contributed by atoms with Gasteiger partial charge in [-0.2, -0.15) is 0 Å². The average Bonchev–Trinajstić information content (AvgIpc) is 2.62. The highest BCUT2D eigenvalue weighted by atomic mass is 19.2. The minimum Gasteiger partial charge on any atom is -0.383 e. The predicted molar refractivity (Wildman–Crippen MR) is 74.4 cm³/mol. The predicted octanol–water partition coefficient (Wildman–Crippen LogP) is 2.47. The molecule has 2 unspecified atom stereocenters. The number of rotatable bonds is 4. The Kier molecular flexibility index (Phi) is 5.46. The van der Waals surface area contributed by atoms with Crippen molar-refractivity contribution >= 4 is 0 Å². The molecule has 1 heterocycles. The van der Waals surface area contributed by atoms with Gasteiger partial charge in [0.1, 0.15) is 0 Å². The number of hydrogen-bond acceptors (Lipinski definition) is 3. The summed E-state index contributed by atoms with van der Waals surface area (Å²) >= 11 is 0. The largest absolute Gasteiger partial charge is 0.383 e. The van der Waals surface area contributed by atoms with Gasteiger partial charge in [0.2, 0.25) is 0 Å². The molecule has 0 aliphatic carbocycles. The highest BCUT2D eigenvalue weighted by molar-refractivity contribution is 5.24. The molecular weight excluding hydrogens is 262 g/mol. The van der Waals surface area contributed by atoms with Crippen molar-refractivity contribution in [3.05, 3.63) is 35.4 Å². The first-order chi connectivity index (χ1) is 9.65. The van der Waals surface area contributed by atoms with Gasteiger partial charge in [-0.3, -0.25) is 4.90 Å². The molecule has 0 saturated carbocycles. The van der Waals surface area contributed by atoms with E-state index in [2.05, 4.69) is 4.90 Å². The Balaban J connectivity index is 2.32. The minimum atomic E-state index is -0.814. The summed E-state index contributed by atoms with van der Waals surface area (Å²) in [5.41, 5.74) is 6.58. The van der Waals surface area contributed by atoms with Crippen molar-refractivity contribution in [2.75, 3.05) is 26.8 Å². The van der Waals surface area contributed by atoms with Gasteiger partial charge in [-0.1, -0.05) is 18.6 Å². The molecule has 2 N–H and O–H groups in total. The number of benzene rings is 1. The van der Waals surface area contributed by atoms with E-state index in [1.807, 2.05) is 0 Å². The maximum Gasteiger partial charge on any atom is 0.163 e. The van der Waals surface area contributed by atoms with Gasteiger partial charge in [0.05, 0.1) is 12.6 Å². The van der Waals surface area contributed by atoms with Gasteiger partial charge in [0, 0.05) is 25.3 Å². The smallest absolute Gasteiger partial charge is 0.163 e. The van der Waals surface area contributed by atoms with E-state index in [0.717, 1.165) is 31.9 Å². The number of nitrogens with zero attached hydrogens (tertiary/aromatic N) is 1. The Hall–Kier alpha value is -1.04. The van der Waals surface area contributed by atoms with Crippen LogP contribution in [0.15, 0.2) is 18.2 Å². The van der Waals surface area contributed by atoms with Gasteiger partial charge < -0.3 is 10.5 Å². The molecule has 1 saturated heterocycles. The minimum absolute atomic E-state index is 0.189. The second kappa shape index (κ2) is 7.11. The lowest BCUT2D eigenvalue weighted by Crippen LogP contribution is -2.41. The number of methoxy groups -OCH3 is 1. The maximum atomic E-state index is 14.1. The van der Waals surface area contributed by atoms with Gasteiger partial charge in [0.25, 0.3) is 0 Å². The molecule has 0 aromatic heterocycles. The van der Waals surface area contributed by atoms with E-state index >= 15 is 0 Å². The van der Waals surface area contributed by atoms with Gasteiger partial charge in [-0.05, 0) is 25.5 Å². The van der Waals surface area contributed by atoms with Crippen LogP contribution in [0.3, 0.4) is 0 Å². The third-order valence-electron chi connectivity index (χ3n) is 3.91. The summed E-state index contributed by atoms with van der Waals surface area (Å²) in [6.45, 7) is 2.06. The van der Waals surface area contributed by atoms with Crippen LogP contribution in [0.1, 0.15) is 30.9 Å². The van der Waals surface area contributed by atoms with Crippen LogP contribution in [-0.4, -0.2) is 37.7 Å². The van der Waals surface area contributed by atoms with Crippen molar-refractivity contribution in [2.24, 2.45) is 5.73 Å². The fourth-order valence-electron chi connectivity index (χ4n) is 2.90. The molecular formula is C15H22F2N2O. The lowest BCUT2D eigenvalue weighted by Gasteiger charge is -2.33. The Morgan fingerprint density at radius 3 is 2.90 bits per heavy atom. The summed E-state index contributed by atoms with van der Waals surface area (Å²) in [4.78, 5) is 2.11. The molecule has 2 atom stereocenters. The highest BCUT2D eigenvalue weighted by Gasteiger charge is 2.31. The zero-order valence-corrected chi connectivity index (χ0v) is 11.8. The SMILES string of the molecule is COCCN1CCCCC(N)C1c1cccc(F)c1F. The van der Waals surface area contributed by atoms with Gasteiger partial charge in [-0.25, -0.2) is 8.78 Å². The molecule has 112 valence electrons. The van der Waals surface area contributed by atoms with E-state index in [0.29, 0.717) is 18.7 Å². The molecule has 1 fully saturated rings. The molecule has 0 bridgehead atoms. The lowest BCUT2D eigenvalue weighted by atomic mass is 9.95.